The van der Waals surface area contributed by atoms with Crippen molar-refractivity contribution in [3.63, 3.8) is 0 Å². The molecule has 4 nitrogen and oxygen atoms in total. The van der Waals surface area contributed by atoms with Gasteiger partial charge in [-0.2, -0.15) is 0 Å². The lowest BCUT2D eigenvalue weighted by Gasteiger charge is -2.05. The van der Waals surface area contributed by atoms with Crippen LogP contribution in [0.3, 0.4) is 0 Å². The molecule has 0 aliphatic rings. The molecule has 0 bridgehead atoms. The van der Waals surface area contributed by atoms with Gasteiger partial charge in [0.25, 0.3) is 0 Å². The van der Waals surface area contributed by atoms with Crippen molar-refractivity contribution in [3.8, 4) is 0 Å². The molecule has 0 saturated heterocycles. The smallest absolute Gasteiger partial charge is 0.105 e. The van der Waals surface area contributed by atoms with Gasteiger partial charge >= 0.3 is 0 Å². The second-order valence-electron chi connectivity index (χ2n) is 3.69. The number of hydrogen-bond acceptors (Lipinski definition) is 4. The summed E-state index contributed by atoms with van der Waals surface area (Å²) in [4.78, 5) is 9.70. The van der Waals surface area contributed by atoms with Gasteiger partial charge in [-0.1, -0.05) is 0 Å². The first-order valence-electron chi connectivity index (χ1n) is 5.35. The molecule has 2 aromatic rings. The Balaban J connectivity index is 1.71. The van der Waals surface area contributed by atoms with Gasteiger partial charge in [0, 0.05) is 43.1 Å². The number of aryl methyl sites for hydroxylation is 2. The molecular weight excluding hydrogens is 220 g/mol. The van der Waals surface area contributed by atoms with E-state index in [1.165, 1.54) is 4.88 Å². The van der Waals surface area contributed by atoms with Gasteiger partial charge in [0.2, 0.25) is 0 Å². The highest BCUT2D eigenvalue weighted by Gasteiger charge is 1.98. The molecule has 0 aliphatic heterocycles. The van der Waals surface area contributed by atoms with Crippen molar-refractivity contribution in [2.45, 2.75) is 26.9 Å². The van der Waals surface area contributed by atoms with Crippen molar-refractivity contribution in [2.75, 3.05) is 6.54 Å². The molecule has 5 heteroatoms. The Labute approximate surface area is 99.4 Å². The molecule has 0 fully saturated rings. The van der Waals surface area contributed by atoms with Crippen molar-refractivity contribution in [1.29, 1.82) is 0 Å². The average molecular weight is 236 g/mol. The molecule has 16 heavy (non-hydrogen) atoms. The van der Waals surface area contributed by atoms with E-state index < -0.39 is 0 Å². The van der Waals surface area contributed by atoms with Gasteiger partial charge in [0.15, 0.2) is 0 Å². The summed E-state index contributed by atoms with van der Waals surface area (Å²) < 4.78 is 2.14. The topological polar surface area (TPSA) is 42.7 Å². The Hall–Kier alpha value is -1.20. The van der Waals surface area contributed by atoms with E-state index in [1.807, 2.05) is 32.4 Å². The van der Waals surface area contributed by atoms with E-state index in [2.05, 4.69) is 19.9 Å². The number of imidazole rings is 1. The Morgan fingerprint density at radius 3 is 2.88 bits per heavy atom. The molecule has 0 spiro atoms. The monoisotopic (exact) mass is 236 g/mol. The molecule has 0 unspecified atom stereocenters. The zero-order valence-electron chi connectivity index (χ0n) is 9.60. The Bertz CT molecular complexity index is 446. The Morgan fingerprint density at radius 2 is 2.25 bits per heavy atom. The fourth-order valence-electron chi connectivity index (χ4n) is 1.54. The minimum absolute atomic E-state index is 0.902. The van der Waals surface area contributed by atoms with E-state index in [-0.39, 0.29) is 0 Å². The van der Waals surface area contributed by atoms with E-state index in [4.69, 9.17) is 0 Å². The Kier molecular flexibility index (Phi) is 3.69. The van der Waals surface area contributed by atoms with Gasteiger partial charge in [-0.25, -0.2) is 9.97 Å². The molecule has 2 rings (SSSR count). The molecule has 0 aliphatic carbocycles. The third kappa shape index (κ3) is 2.90. The van der Waals surface area contributed by atoms with Crippen molar-refractivity contribution >= 4 is 11.3 Å². The second kappa shape index (κ2) is 5.23. The third-order valence-electron chi connectivity index (χ3n) is 2.42. The van der Waals surface area contributed by atoms with Gasteiger partial charge in [-0.05, 0) is 13.8 Å². The van der Waals surface area contributed by atoms with Crippen LogP contribution in [0.1, 0.15) is 15.7 Å². The maximum atomic E-state index is 4.22. The number of thiazole rings is 1. The minimum atomic E-state index is 0.902. The van der Waals surface area contributed by atoms with Crippen LogP contribution < -0.4 is 5.32 Å². The first-order chi connectivity index (χ1) is 7.75. The first kappa shape index (κ1) is 11.3. The minimum Gasteiger partial charge on any atom is -0.334 e. The summed E-state index contributed by atoms with van der Waals surface area (Å²) in [6.07, 6.45) is 5.78. The van der Waals surface area contributed by atoms with Crippen molar-refractivity contribution in [3.05, 3.63) is 34.3 Å². The summed E-state index contributed by atoms with van der Waals surface area (Å²) in [6, 6.07) is 0. The van der Waals surface area contributed by atoms with Crippen LogP contribution in [0, 0.1) is 13.8 Å². The number of nitrogens with one attached hydrogen (secondary N) is 1. The number of nitrogens with zero attached hydrogens (tertiary/aromatic N) is 3. The molecular formula is C11H16N4S. The third-order valence-corrected chi connectivity index (χ3v) is 3.33. The van der Waals surface area contributed by atoms with Crippen LogP contribution in [0.15, 0.2) is 18.6 Å². The standard InChI is InChI=1S/C11H16N4S/c1-9-13-4-6-15(9)5-3-12-7-11-8-14-10(2)16-11/h4,6,8,12H,3,5,7H2,1-2H3. The Morgan fingerprint density at radius 1 is 1.38 bits per heavy atom. The summed E-state index contributed by atoms with van der Waals surface area (Å²) in [5, 5.41) is 4.53. The summed E-state index contributed by atoms with van der Waals surface area (Å²) in [7, 11) is 0. The van der Waals surface area contributed by atoms with Crippen LogP contribution in [0.5, 0.6) is 0 Å². The lowest BCUT2D eigenvalue weighted by atomic mass is 10.5. The molecule has 0 amide bonds. The highest BCUT2D eigenvalue weighted by Crippen LogP contribution is 2.10. The van der Waals surface area contributed by atoms with E-state index in [9.17, 15) is 0 Å². The molecule has 0 atom stereocenters. The van der Waals surface area contributed by atoms with Crippen LogP contribution in [-0.2, 0) is 13.1 Å². The molecule has 0 saturated carbocycles. The molecule has 2 heterocycles. The first-order valence-corrected chi connectivity index (χ1v) is 6.17. The zero-order chi connectivity index (χ0) is 11.4. The maximum Gasteiger partial charge on any atom is 0.105 e. The fourth-order valence-corrected chi connectivity index (χ4v) is 2.30. The van der Waals surface area contributed by atoms with Gasteiger partial charge in [-0.15, -0.1) is 11.3 Å². The lowest BCUT2D eigenvalue weighted by Crippen LogP contribution is -2.19. The molecule has 86 valence electrons. The van der Waals surface area contributed by atoms with Crippen LogP contribution in [-0.4, -0.2) is 21.1 Å². The van der Waals surface area contributed by atoms with E-state index >= 15 is 0 Å². The summed E-state index contributed by atoms with van der Waals surface area (Å²) in [6.45, 7) is 6.87. The largest absolute Gasteiger partial charge is 0.334 e. The maximum absolute atomic E-state index is 4.22. The molecule has 2 aromatic heterocycles. The summed E-state index contributed by atoms with van der Waals surface area (Å²) >= 11 is 1.75. The quantitative estimate of drug-likeness (QED) is 0.804. The van der Waals surface area contributed by atoms with Gasteiger partial charge in [0.1, 0.15) is 5.82 Å². The van der Waals surface area contributed by atoms with Crippen molar-refractivity contribution < 1.29 is 0 Å². The SMILES string of the molecule is Cc1ncc(CNCCn2ccnc2C)s1. The highest BCUT2D eigenvalue weighted by molar-refractivity contribution is 7.11. The van der Waals surface area contributed by atoms with Crippen LogP contribution in [0.2, 0.25) is 0 Å². The molecule has 0 radical (unpaired) electrons. The number of hydrogen-bond donors (Lipinski definition) is 1. The van der Waals surface area contributed by atoms with E-state index in [0.29, 0.717) is 0 Å². The molecule has 0 aromatic carbocycles. The van der Waals surface area contributed by atoms with E-state index in [0.717, 1.165) is 30.5 Å². The van der Waals surface area contributed by atoms with Gasteiger partial charge in [0.05, 0.1) is 5.01 Å². The van der Waals surface area contributed by atoms with Crippen LogP contribution in [0.25, 0.3) is 0 Å². The van der Waals surface area contributed by atoms with Gasteiger partial charge < -0.3 is 9.88 Å². The number of rotatable bonds is 5. The zero-order valence-corrected chi connectivity index (χ0v) is 10.4. The van der Waals surface area contributed by atoms with Crippen molar-refractivity contribution in [1.82, 2.24) is 19.9 Å². The lowest BCUT2D eigenvalue weighted by molar-refractivity contribution is 0.590. The van der Waals surface area contributed by atoms with Crippen LogP contribution >= 0.6 is 11.3 Å². The number of aromatic nitrogens is 3. The van der Waals surface area contributed by atoms with Gasteiger partial charge in [-0.3, -0.25) is 0 Å². The van der Waals surface area contributed by atoms with Crippen LogP contribution in [0.4, 0.5) is 0 Å². The second-order valence-corrected chi connectivity index (χ2v) is 5.01. The normalized spacial score (nSPS) is 10.9. The predicted molar refractivity (Wildman–Crippen MR) is 65.5 cm³/mol. The predicted octanol–water partition coefficient (Wildman–Crippen LogP) is 1.75. The fraction of sp³-hybridized carbons (Fsp3) is 0.455. The van der Waals surface area contributed by atoms with Crippen molar-refractivity contribution in [2.24, 2.45) is 0 Å². The average Bonchev–Trinajstić information content (AvgIpc) is 2.83. The molecule has 1 N–H and O–H groups in total. The summed E-state index contributed by atoms with van der Waals surface area (Å²) in [5.74, 6) is 1.07. The van der Waals surface area contributed by atoms with E-state index in [1.54, 1.807) is 11.3 Å². The highest BCUT2D eigenvalue weighted by atomic mass is 32.1. The summed E-state index contributed by atoms with van der Waals surface area (Å²) in [5.41, 5.74) is 0.